The Hall–Kier alpha value is -2.59. The molecule has 2 saturated heterocycles. The van der Waals surface area contributed by atoms with Gasteiger partial charge in [-0.05, 0) is 44.5 Å². The molecule has 2 aromatic heterocycles. The number of aryl methyl sites for hydroxylation is 1. The van der Waals surface area contributed by atoms with E-state index in [0.29, 0.717) is 25.1 Å². The number of benzene rings is 1. The first-order valence-electron chi connectivity index (χ1n) is 13.8. The van der Waals surface area contributed by atoms with E-state index < -0.39 is 70.3 Å². The van der Waals surface area contributed by atoms with E-state index in [9.17, 15) is 28.5 Å². The van der Waals surface area contributed by atoms with Crippen LogP contribution in [-0.4, -0.2) is 90.6 Å². The van der Waals surface area contributed by atoms with Gasteiger partial charge in [-0.2, -0.15) is 0 Å². The van der Waals surface area contributed by atoms with Crippen molar-refractivity contribution < 1.29 is 42.7 Å². The van der Waals surface area contributed by atoms with Crippen LogP contribution in [0.15, 0.2) is 36.7 Å². The van der Waals surface area contributed by atoms with Gasteiger partial charge in [0.05, 0.1) is 41.6 Å². The van der Waals surface area contributed by atoms with E-state index >= 15 is 0 Å². The van der Waals surface area contributed by atoms with Gasteiger partial charge in [0, 0.05) is 31.7 Å². The highest BCUT2D eigenvalue weighted by Crippen LogP contribution is 2.51. The molecule has 0 aliphatic carbocycles. The fraction of sp³-hybridized carbons (Fsp3) is 0.552. The summed E-state index contributed by atoms with van der Waals surface area (Å²) in [5.74, 6) is -4.37. The average molecular weight is 625 g/mol. The lowest BCUT2D eigenvalue weighted by atomic mass is 9.80. The van der Waals surface area contributed by atoms with Gasteiger partial charge in [0.15, 0.2) is 17.5 Å². The molecular weight excluding hydrogens is 589 g/mol. The number of aliphatic hydroxyl groups is 3. The van der Waals surface area contributed by atoms with Crippen molar-refractivity contribution in [1.82, 2.24) is 20.0 Å². The Labute approximate surface area is 251 Å². The topological polar surface area (TPSA) is 132 Å². The molecule has 7 atom stereocenters. The zero-order valence-electron chi connectivity index (χ0n) is 24.2. The van der Waals surface area contributed by atoms with Crippen molar-refractivity contribution in [2.75, 3.05) is 20.3 Å². The maximum Gasteiger partial charge on any atom is 0.194 e. The van der Waals surface area contributed by atoms with Crippen LogP contribution in [0.1, 0.15) is 49.2 Å². The number of methoxy groups -OCH3 is 1. The molecule has 2 unspecified atom stereocenters. The van der Waals surface area contributed by atoms with E-state index in [0.717, 1.165) is 17.7 Å². The molecule has 1 aromatic carbocycles. The standard InChI is InChI=1S/C29H35F3N4O6S/c1-15-6-5-8-33-22(15)26(29(39)7-9-41-28(2,3)14-29)43-27-25(40-4)23(24(38)20(13-37)42-27)36-12-19(34-35-36)16-10-17(30)21(32)18(31)11-16/h5-6,8,10-12,20,23-27,37-39H,7,9,13-14H2,1-4H3/t20-,23+,24+,25-,26?,27+,29?/m1/s1. The summed E-state index contributed by atoms with van der Waals surface area (Å²) in [6, 6.07) is 4.33. The van der Waals surface area contributed by atoms with Crippen molar-refractivity contribution >= 4 is 11.8 Å². The molecule has 10 nitrogen and oxygen atoms in total. The fourth-order valence-corrected chi connectivity index (χ4v) is 7.67. The molecule has 14 heteroatoms. The second-order valence-corrected chi connectivity index (χ2v) is 12.8. The highest BCUT2D eigenvalue weighted by Gasteiger charge is 2.52. The van der Waals surface area contributed by atoms with Crippen LogP contribution in [0.25, 0.3) is 11.3 Å². The van der Waals surface area contributed by atoms with Crippen molar-refractivity contribution in [2.45, 2.75) is 79.9 Å². The molecule has 0 bridgehead atoms. The summed E-state index contributed by atoms with van der Waals surface area (Å²) in [5.41, 5.74) is -1.24. The molecule has 5 rings (SSSR count). The second kappa shape index (κ2) is 12.4. The van der Waals surface area contributed by atoms with E-state index in [2.05, 4.69) is 15.3 Å². The first-order chi connectivity index (χ1) is 20.4. The van der Waals surface area contributed by atoms with Crippen LogP contribution in [0.3, 0.4) is 0 Å². The molecule has 43 heavy (non-hydrogen) atoms. The maximum absolute atomic E-state index is 13.9. The van der Waals surface area contributed by atoms with Crippen molar-refractivity contribution in [3.63, 3.8) is 0 Å². The SMILES string of the molecule is CO[C@@H]1[C@@H](n2cc(-c3cc(F)c(F)c(F)c3)nn2)[C@@H](O)[C@@H](CO)O[C@H]1SC(c1ncccc1C)C1(O)CCOC(C)(C)C1. The van der Waals surface area contributed by atoms with Crippen LogP contribution in [0.2, 0.25) is 0 Å². The number of aliphatic hydroxyl groups excluding tert-OH is 2. The van der Waals surface area contributed by atoms with Gasteiger partial charge in [-0.25, -0.2) is 17.9 Å². The minimum Gasteiger partial charge on any atom is -0.394 e. The van der Waals surface area contributed by atoms with Crippen molar-refractivity contribution in [1.29, 1.82) is 0 Å². The molecule has 0 radical (unpaired) electrons. The van der Waals surface area contributed by atoms with E-state index in [4.69, 9.17) is 14.2 Å². The van der Waals surface area contributed by atoms with Gasteiger partial charge >= 0.3 is 0 Å². The Bertz CT molecular complexity index is 1420. The van der Waals surface area contributed by atoms with E-state index in [-0.39, 0.29) is 11.3 Å². The monoisotopic (exact) mass is 624 g/mol. The van der Waals surface area contributed by atoms with Gasteiger partial charge in [-0.15, -0.1) is 16.9 Å². The van der Waals surface area contributed by atoms with Gasteiger partial charge in [0.25, 0.3) is 0 Å². The van der Waals surface area contributed by atoms with Gasteiger partial charge < -0.3 is 29.5 Å². The molecule has 234 valence electrons. The predicted octanol–water partition coefficient (Wildman–Crippen LogP) is 3.49. The maximum atomic E-state index is 13.9. The fourth-order valence-electron chi connectivity index (χ4n) is 5.94. The molecule has 3 aromatic rings. The number of rotatable bonds is 8. The Kier molecular flexibility index (Phi) is 9.19. The smallest absolute Gasteiger partial charge is 0.194 e. The lowest BCUT2D eigenvalue weighted by Crippen LogP contribution is -2.56. The molecule has 0 amide bonds. The van der Waals surface area contributed by atoms with Crippen LogP contribution >= 0.6 is 11.8 Å². The third kappa shape index (κ3) is 6.32. The first kappa shape index (κ1) is 31.8. The van der Waals surface area contributed by atoms with Gasteiger partial charge in [-0.1, -0.05) is 11.3 Å². The molecule has 2 aliphatic heterocycles. The number of halogens is 3. The molecule has 4 heterocycles. The Balaban J connectivity index is 1.52. The van der Waals surface area contributed by atoms with E-state index in [1.54, 1.807) is 6.20 Å². The van der Waals surface area contributed by atoms with Crippen molar-refractivity contribution in [3.05, 3.63) is 65.4 Å². The van der Waals surface area contributed by atoms with E-state index in [1.807, 2.05) is 32.9 Å². The quantitative estimate of drug-likeness (QED) is 0.320. The lowest BCUT2D eigenvalue weighted by molar-refractivity contribution is -0.187. The van der Waals surface area contributed by atoms with Crippen LogP contribution in [-0.2, 0) is 14.2 Å². The minimum atomic E-state index is -1.60. The third-order valence-electron chi connectivity index (χ3n) is 8.01. The summed E-state index contributed by atoms with van der Waals surface area (Å²) in [6.45, 7) is 5.52. The van der Waals surface area contributed by atoms with Gasteiger partial charge in [0.1, 0.15) is 35.5 Å². The second-order valence-electron chi connectivity index (χ2n) is 11.6. The third-order valence-corrected chi connectivity index (χ3v) is 9.59. The molecule has 3 N–H and O–H groups in total. The normalized spacial score (nSPS) is 29.9. The number of pyridine rings is 1. The van der Waals surface area contributed by atoms with Crippen LogP contribution < -0.4 is 0 Å². The van der Waals surface area contributed by atoms with Crippen LogP contribution in [0, 0.1) is 24.4 Å². The zero-order valence-corrected chi connectivity index (χ0v) is 25.0. The summed E-state index contributed by atoms with van der Waals surface area (Å²) in [7, 11) is 1.43. The number of nitrogens with zero attached hydrogens (tertiary/aromatic N) is 4. The first-order valence-corrected chi connectivity index (χ1v) is 14.8. The number of hydrogen-bond acceptors (Lipinski definition) is 10. The number of aromatic nitrogens is 4. The summed E-state index contributed by atoms with van der Waals surface area (Å²) in [4.78, 5) is 4.62. The number of ether oxygens (including phenoxy) is 3. The van der Waals surface area contributed by atoms with Crippen LogP contribution in [0.5, 0.6) is 0 Å². The highest BCUT2D eigenvalue weighted by molar-refractivity contribution is 8.00. The summed E-state index contributed by atoms with van der Waals surface area (Å²) >= 11 is 1.26. The predicted molar refractivity (Wildman–Crippen MR) is 150 cm³/mol. The average Bonchev–Trinajstić information content (AvgIpc) is 3.44. The molecule has 0 saturated carbocycles. The lowest BCUT2D eigenvalue weighted by Gasteiger charge is -2.48. The minimum absolute atomic E-state index is 0.0248. The van der Waals surface area contributed by atoms with Gasteiger partial charge in [0.2, 0.25) is 0 Å². The van der Waals surface area contributed by atoms with Crippen molar-refractivity contribution in [3.8, 4) is 11.3 Å². The largest absolute Gasteiger partial charge is 0.394 e. The number of thioether (sulfide) groups is 1. The summed E-state index contributed by atoms with van der Waals surface area (Å²) in [6.07, 6.45) is 0.341. The van der Waals surface area contributed by atoms with E-state index in [1.165, 1.54) is 29.8 Å². The zero-order chi connectivity index (χ0) is 31.1. The summed E-state index contributed by atoms with van der Waals surface area (Å²) in [5, 5.41) is 41.0. The Morgan fingerprint density at radius 1 is 1.23 bits per heavy atom. The van der Waals surface area contributed by atoms with Gasteiger partial charge in [-0.3, -0.25) is 4.98 Å². The number of hydrogen-bond donors (Lipinski definition) is 3. The molecule has 2 aliphatic rings. The Morgan fingerprint density at radius 3 is 2.58 bits per heavy atom. The molecule has 0 spiro atoms. The van der Waals surface area contributed by atoms with Crippen molar-refractivity contribution in [2.24, 2.45) is 0 Å². The summed E-state index contributed by atoms with van der Waals surface area (Å²) < 4.78 is 60.6. The molecular formula is C29H35F3N4O6S. The highest BCUT2D eigenvalue weighted by atomic mass is 32.2. The van der Waals surface area contributed by atoms with Crippen LogP contribution in [0.4, 0.5) is 13.2 Å². The Morgan fingerprint density at radius 2 is 1.95 bits per heavy atom. The molecule has 2 fully saturated rings.